The van der Waals surface area contributed by atoms with E-state index in [0.717, 1.165) is 27.6 Å². The molecule has 1 nitrogen and oxygen atoms in total. The van der Waals surface area contributed by atoms with E-state index < -0.39 is 6.10 Å². The van der Waals surface area contributed by atoms with E-state index in [9.17, 15) is 5.11 Å². The second-order valence-electron chi connectivity index (χ2n) is 4.56. The molecular formula is C16H17BrO. The first-order chi connectivity index (χ1) is 8.60. The van der Waals surface area contributed by atoms with Gasteiger partial charge in [-0.1, -0.05) is 53.2 Å². The highest BCUT2D eigenvalue weighted by Crippen LogP contribution is 2.26. The second kappa shape index (κ2) is 5.68. The number of rotatable bonds is 3. The van der Waals surface area contributed by atoms with E-state index in [2.05, 4.69) is 35.0 Å². The molecule has 0 radical (unpaired) electrons. The van der Waals surface area contributed by atoms with E-state index in [1.54, 1.807) is 0 Å². The minimum absolute atomic E-state index is 0.563. The fourth-order valence-electron chi connectivity index (χ4n) is 2.05. The van der Waals surface area contributed by atoms with Crippen molar-refractivity contribution in [2.45, 2.75) is 26.4 Å². The quantitative estimate of drug-likeness (QED) is 0.891. The standard InChI is InChI=1S/C16H17BrO/c1-3-12-4-6-13(7-5-12)16(18)14-8-11(2)9-15(17)10-14/h4-10,16,18H,3H2,1-2H3. The number of hydrogen-bond acceptors (Lipinski definition) is 1. The van der Waals surface area contributed by atoms with E-state index >= 15 is 0 Å². The van der Waals surface area contributed by atoms with Gasteiger partial charge in [0.15, 0.2) is 0 Å². The molecule has 0 spiro atoms. The summed E-state index contributed by atoms with van der Waals surface area (Å²) in [6.45, 7) is 4.16. The summed E-state index contributed by atoms with van der Waals surface area (Å²) < 4.78 is 1.00. The first kappa shape index (κ1) is 13.3. The van der Waals surface area contributed by atoms with Crippen molar-refractivity contribution < 1.29 is 5.11 Å². The lowest BCUT2D eigenvalue weighted by molar-refractivity contribution is 0.220. The molecule has 0 aromatic heterocycles. The molecule has 2 heteroatoms. The normalized spacial score (nSPS) is 12.4. The Kier molecular flexibility index (Phi) is 4.20. The van der Waals surface area contributed by atoms with E-state index in [1.165, 1.54) is 5.56 Å². The highest BCUT2D eigenvalue weighted by molar-refractivity contribution is 9.10. The Morgan fingerprint density at radius 2 is 1.72 bits per heavy atom. The van der Waals surface area contributed by atoms with Gasteiger partial charge in [0, 0.05) is 4.47 Å². The van der Waals surface area contributed by atoms with Gasteiger partial charge in [0.2, 0.25) is 0 Å². The molecule has 0 fully saturated rings. The van der Waals surface area contributed by atoms with Crippen LogP contribution >= 0.6 is 15.9 Å². The average Bonchev–Trinajstić information content (AvgIpc) is 2.37. The molecule has 18 heavy (non-hydrogen) atoms. The number of halogens is 1. The monoisotopic (exact) mass is 304 g/mol. The zero-order valence-corrected chi connectivity index (χ0v) is 12.2. The molecule has 0 bridgehead atoms. The van der Waals surface area contributed by atoms with Crippen molar-refractivity contribution in [3.05, 3.63) is 69.2 Å². The van der Waals surface area contributed by atoms with Crippen molar-refractivity contribution in [1.82, 2.24) is 0 Å². The van der Waals surface area contributed by atoms with E-state index in [4.69, 9.17) is 0 Å². The first-order valence-electron chi connectivity index (χ1n) is 6.14. The lowest BCUT2D eigenvalue weighted by Crippen LogP contribution is -2.00. The van der Waals surface area contributed by atoms with Crippen LogP contribution in [0.2, 0.25) is 0 Å². The third-order valence-electron chi connectivity index (χ3n) is 3.08. The molecular weight excluding hydrogens is 288 g/mol. The van der Waals surface area contributed by atoms with Gasteiger partial charge in [-0.3, -0.25) is 0 Å². The number of benzene rings is 2. The molecule has 0 aliphatic heterocycles. The smallest absolute Gasteiger partial charge is 0.104 e. The molecule has 0 heterocycles. The van der Waals surface area contributed by atoms with Gasteiger partial charge in [0.25, 0.3) is 0 Å². The zero-order valence-electron chi connectivity index (χ0n) is 10.7. The lowest BCUT2D eigenvalue weighted by atomic mass is 9.99. The molecule has 1 N–H and O–H groups in total. The van der Waals surface area contributed by atoms with Crippen molar-refractivity contribution in [3.8, 4) is 0 Å². The summed E-state index contributed by atoms with van der Waals surface area (Å²) in [7, 11) is 0. The van der Waals surface area contributed by atoms with Crippen LogP contribution in [0.15, 0.2) is 46.9 Å². The molecule has 1 unspecified atom stereocenters. The molecule has 0 saturated carbocycles. The van der Waals surface area contributed by atoms with Crippen LogP contribution in [0.25, 0.3) is 0 Å². The second-order valence-corrected chi connectivity index (χ2v) is 5.48. The highest BCUT2D eigenvalue weighted by Gasteiger charge is 2.11. The van der Waals surface area contributed by atoms with Crippen molar-refractivity contribution in [3.63, 3.8) is 0 Å². The van der Waals surface area contributed by atoms with Crippen LogP contribution in [0.4, 0.5) is 0 Å². The molecule has 94 valence electrons. The number of aliphatic hydroxyl groups is 1. The van der Waals surface area contributed by atoms with Crippen molar-refractivity contribution in [1.29, 1.82) is 0 Å². The third-order valence-corrected chi connectivity index (χ3v) is 3.54. The third kappa shape index (κ3) is 3.01. The summed E-state index contributed by atoms with van der Waals surface area (Å²) in [4.78, 5) is 0. The van der Waals surface area contributed by atoms with Gasteiger partial charge < -0.3 is 5.11 Å². The SMILES string of the molecule is CCc1ccc(C(O)c2cc(C)cc(Br)c2)cc1. The maximum Gasteiger partial charge on any atom is 0.104 e. The average molecular weight is 305 g/mol. The van der Waals surface area contributed by atoms with Crippen molar-refractivity contribution in [2.24, 2.45) is 0 Å². The van der Waals surface area contributed by atoms with Gasteiger partial charge in [-0.25, -0.2) is 0 Å². The topological polar surface area (TPSA) is 20.2 Å². The zero-order chi connectivity index (χ0) is 13.1. The maximum absolute atomic E-state index is 10.4. The minimum atomic E-state index is -0.563. The number of aliphatic hydroxyl groups excluding tert-OH is 1. The predicted octanol–water partition coefficient (Wildman–Crippen LogP) is 4.40. The number of aryl methyl sites for hydroxylation is 2. The number of hydrogen-bond donors (Lipinski definition) is 1. The summed E-state index contributed by atoms with van der Waals surface area (Å²) in [5, 5.41) is 10.4. The molecule has 0 aliphatic rings. The molecule has 0 amide bonds. The minimum Gasteiger partial charge on any atom is -0.384 e. The van der Waals surface area contributed by atoms with Crippen molar-refractivity contribution >= 4 is 15.9 Å². The van der Waals surface area contributed by atoms with Gasteiger partial charge >= 0.3 is 0 Å². The van der Waals surface area contributed by atoms with Crippen LogP contribution in [-0.4, -0.2) is 5.11 Å². The fourth-order valence-corrected chi connectivity index (χ4v) is 2.68. The summed E-state index contributed by atoms with van der Waals surface area (Å²) in [5.74, 6) is 0. The molecule has 2 aromatic rings. The Morgan fingerprint density at radius 3 is 2.28 bits per heavy atom. The van der Waals surface area contributed by atoms with E-state index in [0.29, 0.717) is 0 Å². The molecule has 0 aliphatic carbocycles. The Balaban J connectivity index is 2.31. The largest absolute Gasteiger partial charge is 0.384 e. The van der Waals surface area contributed by atoms with Crippen LogP contribution in [0.1, 0.15) is 35.3 Å². The first-order valence-corrected chi connectivity index (χ1v) is 6.93. The van der Waals surface area contributed by atoms with Crippen LogP contribution in [0.5, 0.6) is 0 Å². The van der Waals surface area contributed by atoms with Crippen LogP contribution in [0.3, 0.4) is 0 Å². The molecule has 2 rings (SSSR count). The fraction of sp³-hybridized carbons (Fsp3) is 0.250. The van der Waals surface area contributed by atoms with Crippen molar-refractivity contribution in [2.75, 3.05) is 0 Å². The van der Waals surface area contributed by atoms with Gasteiger partial charge in [0.1, 0.15) is 6.10 Å². The summed E-state index contributed by atoms with van der Waals surface area (Å²) in [6, 6.07) is 14.2. The Labute approximate surface area is 117 Å². The van der Waals surface area contributed by atoms with E-state index in [1.807, 2.05) is 37.3 Å². The molecule has 0 saturated heterocycles. The Morgan fingerprint density at radius 1 is 1.06 bits per heavy atom. The highest BCUT2D eigenvalue weighted by atomic mass is 79.9. The van der Waals surface area contributed by atoms with Gasteiger partial charge in [-0.05, 0) is 47.7 Å². The summed E-state index contributed by atoms with van der Waals surface area (Å²) in [6.07, 6.45) is 0.457. The molecule has 2 aromatic carbocycles. The van der Waals surface area contributed by atoms with Crippen LogP contribution < -0.4 is 0 Å². The Hall–Kier alpha value is -1.12. The van der Waals surface area contributed by atoms with Gasteiger partial charge in [0.05, 0.1) is 0 Å². The predicted molar refractivity (Wildman–Crippen MR) is 78.8 cm³/mol. The lowest BCUT2D eigenvalue weighted by Gasteiger charge is -2.13. The summed E-state index contributed by atoms with van der Waals surface area (Å²) in [5.41, 5.74) is 4.29. The van der Waals surface area contributed by atoms with Gasteiger partial charge in [-0.2, -0.15) is 0 Å². The maximum atomic E-state index is 10.4. The van der Waals surface area contributed by atoms with Crippen LogP contribution in [-0.2, 0) is 6.42 Å². The van der Waals surface area contributed by atoms with Crippen LogP contribution in [0, 0.1) is 6.92 Å². The summed E-state index contributed by atoms with van der Waals surface area (Å²) >= 11 is 3.47. The molecule has 1 atom stereocenters. The van der Waals surface area contributed by atoms with E-state index in [-0.39, 0.29) is 0 Å². The Bertz CT molecular complexity index is 511. The van der Waals surface area contributed by atoms with Gasteiger partial charge in [-0.15, -0.1) is 0 Å².